The molecule has 42 heavy (non-hydrogen) atoms. The summed E-state index contributed by atoms with van der Waals surface area (Å²) < 4.78 is 11.4. The zero-order valence-corrected chi connectivity index (χ0v) is 24.1. The van der Waals surface area contributed by atoms with Crippen LogP contribution >= 0.6 is 11.3 Å². The third-order valence-electron chi connectivity index (χ3n) is 6.99. The number of aryl methyl sites for hydroxylation is 1. The van der Waals surface area contributed by atoms with Crippen LogP contribution in [0.3, 0.4) is 0 Å². The van der Waals surface area contributed by atoms with Crippen LogP contribution in [0.1, 0.15) is 35.2 Å². The fraction of sp³-hybridized carbons (Fsp3) is 0.357. The highest BCUT2D eigenvalue weighted by molar-refractivity contribution is 7.13. The van der Waals surface area contributed by atoms with Gasteiger partial charge in [0.1, 0.15) is 29.6 Å². The first-order valence-corrected chi connectivity index (χ1v) is 14.7. The Balaban J connectivity index is 1.16. The Morgan fingerprint density at radius 3 is 2.76 bits per heavy atom. The van der Waals surface area contributed by atoms with Gasteiger partial charge in [0.05, 0.1) is 12.0 Å². The summed E-state index contributed by atoms with van der Waals surface area (Å²) in [6.45, 7) is 4.06. The van der Waals surface area contributed by atoms with E-state index < -0.39 is 19.0 Å². The van der Waals surface area contributed by atoms with E-state index in [-0.39, 0.29) is 35.8 Å². The van der Waals surface area contributed by atoms with E-state index in [2.05, 4.69) is 25.8 Å². The van der Waals surface area contributed by atoms with E-state index in [1.165, 1.54) is 11.3 Å². The smallest absolute Gasteiger partial charge is 0.534 e. The summed E-state index contributed by atoms with van der Waals surface area (Å²) in [7, 11) is -1.23. The average Bonchev–Trinajstić information content (AvgIpc) is 3.42. The van der Waals surface area contributed by atoms with Crippen LogP contribution in [-0.2, 0) is 16.1 Å². The fourth-order valence-electron chi connectivity index (χ4n) is 4.78. The largest absolute Gasteiger partial charge is 0.547 e. The van der Waals surface area contributed by atoms with Gasteiger partial charge in [-0.1, -0.05) is 23.4 Å². The van der Waals surface area contributed by atoms with Crippen molar-refractivity contribution in [3.05, 3.63) is 70.2 Å². The molecule has 1 atom stereocenters. The molecule has 12 nitrogen and oxygen atoms in total. The zero-order chi connectivity index (χ0) is 29.5. The molecule has 1 fully saturated rings. The molecule has 2 aliphatic rings. The van der Waals surface area contributed by atoms with E-state index in [1.807, 2.05) is 49.4 Å². The molecule has 0 saturated carbocycles. The number of hydrogen-bond acceptors (Lipinski definition) is 11. The quantitative estimate of drug-likeness (QED) is 0.0767. The van der Waals surface area contributed by atoms with Crippen LogP contribution < -0.4 is 31.5 Å². The number of nitrogen functional groups attached to an aromatic ring is 1. The van der Waals surface area contributed by atoms with Gasteiger partial charge in [0.15, 0.2) is 17.5 Å². The number of aromatic nitrogens is 1. The number of rotatable bonds is 10. The number of amides is 1. The maximum atomic E-state index is 13.2. The van der Waals surface area contributed by atoms with Crippen molar-refractivity contribution < 1.29 is 24.0 Å². The number of nitrogens with one attached hydrogen (secondary N) is 2. The molecular formula is C28H34BN7O5S. The summed E-state index contributed by atoms with van der Waals surface area (Å²) in [5.74, 6) is 0.505. The Morgan fingerprint density at radius 2 is 2.02 bits per heavy atom. The molecule has 1 amide bonds. The number of piperidine rings is 1. The molecule has 220 valence electrons. The average molecular weight is 592 g/mol. The first-order valence-electron chi connectivity index (χ1n) is 13.8. The summed E-state index contributed by atoms with van der Waals surface area (Å²) in [4.78, 5) is 27.5. The van der Waals surface area contributed by atoms with Crippen LogP contribution in [0.15, 0.2) is 58.0 Å². The molecule has 2 aromatic carbocycles. The summed E-state index contributed by atoms with van der Waals surface area (Å²) >= 11 is 1.17. The highest BCUT2D eigenvalue weighted by Gasteiger charge is 2.37. The SMILES string of the molecule is Cc1cccc2c1OB(O)[C@@H](NC(=O)/C(=N\OCCOc1ccc(C(N)=NC3CCNCC3)cc1)c1csc(N)n1)C2. The van der Waals surface area contributed by atoms with Crippen molar-refractivity contribution in [2.75, 3.05) is 32.0 Å². The number of benzene rings is 2. The second kappa shape index (κ2) is 13.7. The number of thiazole rings is 1. The minimum Gasteiger partial charge on any atom is -0.534 e. The summed E-state index contributed by atoms with van der Waals surface area (Å²) in [5, 5.41) is 22.6. The number of anilines is 1. The van der Waals surface area contributed by atoms with Crippen molar-refractivity contribution in [1.82, 2.24) is 15.6 Å². The Bertz CT molecular complexity index is 1440. The lowest BCUT2D eigenvalue weighted by atomic mass is 9.72. The van der Waals surface area contributed by atoms with Crippen LogP contribution in [0.2, 0.25) is 0 Å². The van der Waals surface area contributed by atoms with E-state index in [9.17, 15) is 9.82 Å². The topological polar surface area (TPSA) is 179 Å². The van der Waals surface area contributed by atoms with E-state index in [0.717, 1.165) is 42.6 Å². The Labute approximate surface area is 248 Å². The second-order valence-electron chi connectivity index (χ2n) is 10.1. The molecule has 0 unspecified atom stereocenters. The van der Waals surface area contributed by atoms with Gasteiger partial charge in [-0.3, -0.25) is 9.79 Å². The van der Waals surface area contributed by atoms with Gasteiger partial charge >= 0.3 is 7.12 Å². The van der Waals surface area contributed by atoms with Crippen LogP contribution in [0, 0.1) is 6.92 Å². The molecule has 0 aliphatic carbocycles. The molecule has 1 saturated heterocycles. The second-order valence-corrected chi connectivity index (χ2v) is 11.0. The molecule has 3 aromatic rings. The number of aliphatic imine (C=N–C) groups is 1. The van der Waals surface area contributed by atoms with E-state index in [4.69, 9.17) is 25.7 Å². The highest BCUT2D eigenvalue weighted by Crippen LogP contribution is 2.29. The van der Waals surface area contributed by atoms with Crippen molar-refractivity contribution in [3.8, 4) is 11.5 Å². The third-order valence-corrected chi connectivity index (χ3v) is 7.67. The summed E-state index contributed by atoms with van der Waals surface area (Å²) in [6.07, 6.45) is 2.35. The van der Waals surface area contributed by atoms with Gasteiger partial charge in [0, 0.05) is 10.9 Å². The lowest BCUT2D eigenvalue weighted by Crippen LogP contribution is -2.54. The highest BCUT2D eigenvalue weighted by atomic mass is 32.1. The molecule has 7 N–H and O–H groups in total. The van der Waals surface area contributed by atoms with Gasteiger partial charge < -0.3 is 41.4 Å². The van der Waals surface area contributed by atoms with Crippen molar-refractivity contribution in [1.29, 1.82) is 0 Å². The molecule has 3 heterocycles. The van der Waals surface area contributed by atoms with Crippen molar-refractivity contribution in [2.24, 2.45) is 15.9 Å². The molecule has 0 bridgehead atoms. The van der Waals surface area contributed by atoms with Crippen LogP contribution in [0.25, 0.3) is 0 Å². The molecule has 1 aromatic heterocycles. The molecule has 2 aliphatic heterocycles. The Morgan fingerprint density at radius 1 is 1.24 bits per heavy atom. The lowest BCUT2D eigenvalue weighted by molar-refractivity contribution is -0.115. The van der Waals surface area contributed by atoms with E-state index in [0.29, 0.717) is 23.8 Å². The number of fused-ring (bicyclic) bond motifs is 1. The number of ether oxygens (including phenoxy) is 1. The van der Waals surface area contributed by atoms with Gasteiger partial charge in [-0.2, -0.15) is 0 Å². The van der Waals surface area contributed by atoms with Crippen molar-refractivity contribution in [2.45, 2.75) is 38.2 Å². The molecule has 0 radical (unpaired) electrons. The maximum Gasteiger partial charge on any atom is 0.547 e. The minimum atomic E-state index is -1.23. The van der Waals surface area contributed by atoms with Crippen LogP contribution in [0.5, 0.6) is 11.5 Å². The van der Waals surface area contributed by atoms with Gasteiger partial charge in [0.2, 0.25) is 0 Å². The third kappa shape index (κ3) is 7.38. The molecule has 14 heteroatoms. The predicted molar refractivity (Wildman–Crippen MR) is 163 cm³/mol. The van der Waals surface area contributed by atoms with Crippen LogP contribution in [0.4, 0.5) is 5.13 Å². The summed E-state index contributed by atoms with van der Waals surface area (Å²) in [6, 6.07) is 13.3. The summed E-state index contributed by atoms with van der Waals surface area (Å²) in [5.41, 5.74) is 14.8. The zero-order valence-electron chi connectivity index (χ0n) is 23.3. The van der Waals surface area contributed by atoms with Crippen LogP contribution in [-0.4, -0.2) is 72.9 Å². The minimum absolute atomic E-state index is 0.0687. The number of amidine groups is 1. The van der Waals surface area contributed by atoms with Gasteiger partial charge in [-0.15, -0.1) is 11.3 Å². The monoisotopic (exact) mass is 591 g/mol. The fourth-order valence-corrected chi connectivity index (χ4v) is 5.33. The van der Waals surface area contributed by atoms with E-state index in [1.54, 1.807) is 5.38 Å². The van der Waals surface area contributed by atoms with Gasteiger partial charge in [-0.25, -0.2) is 4.98 Å². The number of para-hydroxylation sites is 1. The molecule has 0 spiro atoms. The first kappa shape index (κ1) is 29.4. The molecule has 5 rings (SSSR count). The number of nitrogens with two attached hydrogens (primary N) is 2. The predicted octanol–water partition coefficient (Wildman–Crippen LogP) is 1.43. The number of carbonyl (C=O) groups is 1. The standard InChI is InChI=1S/C28H34BN7O5S/c1-17-3-2-4-19-15-23(29(38)41-25(17)19)35-27(37)24(22-16-42-28(31)34-22)36-40-14-13-39-21-7-5-18(6-8-21)26(30)33-20-9-11-32-12-10-20/h2-8,16,20,23,32,38H,9-15H2,1H3,(H2,30,33)(H2,31,34)(H,35,37)/b36-24-/t23-/m0/s1. The van der Waals surface area contributed by atoms with Gasteiger partial charge in [0.25, 0.3) is 5.91 Å². The van der Waals surface area contributed by atoms with Crippen molar-refractivity contribution >= 4 is 41.0 Å². The number of nitrogens with zero attached hydrogens (tertiary/aromatic N) is 3. The van der Waals surface area contributed by atoms with E-state index >= 15 is 0 Å². The number of hydrogen-bond donors (Lipinski definition) is 5. The lowest BCUT2D eigenvalue weighted by Gasteiger charge is -2.29. The maximum absolute atomic E-state index is 13.2. The molecular weight excluding hydrogens is 557 g/mol. The Hall–Kier alpha value is -4.14. The number of oxime groups is 1. The normalized spacial score (nSPS) is 17.8. The Kier molecular flexibility index (Phi) is 9.57. The van der Waals surface area contributed by atoms with Crippen molar-refractivity contribution in [3.63, 3.8) is 0 Å². The number of carbonyl (C=O) groups excluding carboxylic acids is 1. The first-order chi connectivity index (χ1) is 20.4. The van der Waals surface area contributed by atoms with Gasteiger partial charge in [-0.05, 0) is 74.7 Å².